The summed E-state index contributed by atoms with van der Waals surface area (Å²) in [5.41, 5.74) is 7.60. The minimum absolute atomic E-state index is 0.631. The van der Waals surface area contributed by atoms with Crippen LogP contribution in [0.3, 0.4) is 0 Å². The predicted molar refractivity (Wildman–Crippen MR) is 85.6 cm³/mol. The zero-order valence-electron chi connectivity index (χ0n) is 12.7. The average molecular weight is 308 g/mol. The summed E-state index contributed by atoms with van der Waals surface area (Å²) in [6.07, 6.45) is 1.94. The van der Waals surface area contributed by atoms with Gasteiger partial charge in [0.1, 0.15) is 27.9 Å². The molecule has 6 heteroatoms. The molecule has 0 aliphatic heterocycles. The van der Waals surface area contributed by atoms with E-state index in [1.807, 2.05) is 0 Å². The molecule has 0 fully saturated rings. The Hall–Kier alpha value is -1.95. The van der Waals surface area contributed by atoms with Crippen molar-refractivity contribution in [3.63, 3.8) is 0 Å². The number of rotatable bonds is 6. The fourth-order valence-electron chi connectivity index (χ4n) is 2.12. The van der Waals surface area contributed by atoms with Crippen molar-refractivity contribution in [3.05, 3.63) is 17.1 Å². The van der Waals surface area contributed by atoms with Gasteiger partial charge in [0.2, 0.25) is 0 Å². The zero-order valence-corrected chi connectivity index (χ0v) is 13.5. The largest absolute Gasteiger partial charge is 0.496 e. The first kappa shape index (κ1) is 15.4. The highest BCUT2D eigenvalue weighted by atomic mass is 32.1. The number of hydrogen-bond donors (Lipinski definition) is 1. The molecule has 5 nitrogen and oxygen atoms in total. The lowest BCUT2D eigenvalue weighted by molar-refractivity contribution is 0.377. The van der Waals surface area contributed by atoms with Gasteiger partial charge in [0.05, 0.1) is 31.9 Å². The second-order valence-corrected chi connectivity index (χ2v) is 5.59. The molecule has 0 amide bonds. The summed E-state index contributed by atoms with van der Waals surface area (Å²) in [5.74, 6) is 1.92. The number of benzene rings is 1. The van der Waals surface area contributed by atoms with Crippen LogP contribution in [0.15, 0.2) is 12.1 Å². The van der Waals surface area contributed by atoms with E-state index in [0.717, 1.165) is 23.4 Å². The molecule has 0 aliphatic rings. The molecule has 1 heterocycles. The van der Waals surface area contributed by atoms with E-state index in [0.29, 0.717) is 27.9 Å². The van der Waals surface area contributed by atoms with Gasteiger partial charge >= 0.3 is 0 Å². The first-order valence-electron chi connectivity index (χ1n) is 6.70. The van der Waals surface area contributed by atoms with Crippen LogP contribution in [0.5, 0.6) is 17.2 Å². The molecule has 2 rings (SSSR count). The minimum atomic E-state index is 0.631. The van der Waals surface area contributed by atoms with Crippen LogP contribution >= 0.6 is 11.3 Å². The quantitative estimate of drug-likeness (QED) is 0.886. The van der Waals surface area contributed by atoms with Gasteiger partial charge in [0.15, 0.2) is 0 Å². The predicted octanol–water partition coefficient (Wildman–Crippen LogP) is 3.37. The number of thiazole rings is 1. The highest BCUT2D eigenvalue weighted by Gasteiger charge is 2.21. The number of nitrogens with two attached hydrogens (primary N) is 1. The third-order valence-corrected chi connectivity index (χ3v) is 4.06. The lowest BCUT2D eigenvalue weighted by atomic mass is 10.1. The Morgan fingerprint density at radius 2 is 1.71 bits per heavy atom. The molecular formula is C15H20N2O3S. The molecule has 0 bridgehead atoms. The van der Waals surface area contributed by atoms with Crippen LogP contribution < -0.4 is 19.9 Å². The lowest BCUT2D eigenvalue weighted by Crippen LogP contribution is -1.97. The van der Waals surface area contributed by atoms with Crippen molar-refractivity contribution in [1.29, 1.82) is 0 Å². The standard InChI is InChI=1S/C15H20N2O3S/c1-5-6-12-17-14(15(16)21-12)13-10(19-3)7-9(18-2)8-11(13)20-4/h7-8H,5-6,16H2,1-4H3. The monoisotopic (exact) mass is 308 g/mol. The van der Waals surface area contributed by atoms with Crippen LogP contribution in [-0.4, -0.2) is 26.3 Å². The summed E-state index contributed by atoms with van der Waals surface area (Å²) >= 11 is 1.51. The maximum absolute atomic E-state index is 6.14. The number of ether oxygens (including phenoxy) is 3. The van der Waals surface area contributed by atoms with Crippen LogP contribution in [0.2, 0.25) is 0 Å². The van der Waals surface area contributed by atoms with Crippen LogP contribution in [-0.2, 0) is 6.42 Å². The van der Waals surface area contributed by atoms with Gasteiger partial charge < -0.3 is 19.9 Å². The molecule has 1 aromatic heterocycles. The Balaban J connectivity index is 2.61. The van der Waals surface area contributed by atoms with Gasteiger partial charge in [-0.2, -0.15) is 0 Å². The van der Waals surface area contributed by atoms with Gasteiger partial charge in [-0.05, 0) is 12.8 Å². The molecule has 1 aromatic carbocycles. The Labute approximate surface area is 128 Å². The fourth-order valence-corrected chi connectivity index (χ4v) is 3.06. The minimum Gasteiger partial charge on any atom is -0.496 e. The fraction of sp³-hybridized carbons (Fsp3) is 0.400. The van der Waals surface area contributed by atoms with E-state index in [-0.39, 0.29) is 0 Å². The number of aromatic nitrogens is 1. The van der Waals surface area contributed by atoms with Crippen molar-refractivity contribution in [2.24, 2.45) is 0 Å². The number of nitrogens with zero attached hydrogens (tertiary/aromatic N) is 1. The van der Waals surface area contributed by atoms with E-state index < -0.39 is 0 Å². The lowest BCUT2D eigenvalue weighted by Gasteiger charge is -2.14. The van der Waals surface area contributed by atoms with Gasteiger partial charge in [-0.3, -0.25) is 0 Å². The first-order valence-corrected chi connectivity index (χ1v) is 7.51. The Morgan fingerprint density at radius 1 is 1.10 bits per heavy atom. The maximum Gasteiger partial charge on any atom is 0.135 e. The van der Waals surface area contributed by atoms with Gasteiger partial charge in [-0.15, -0.1) is 11.3 Å². The zero-order chi connectivity index (χ0) is 15.4. The Morgan fingerprint density at radius 3 is 2.19 bits per heavy atom. The summed E-state index contributed by atoms with van der Waals surface area (Å²) in [6.45, 7) is 2.12. The van der Waals surface area contributed by atoms with Gasteiger partial charge in [-0.1, -0.05) is 6.92 Å². The number of hydrogen-bond acceptors (Lipinski definition) is 6. The molecule has 0 saturated carbocycles. The summed E-state index contributed by atoms with van der Waals surface area (Å²) in [5, 5.41) is 1.69. The summed E-state index contributed by atoms with van der Waals surface area (Å²) < 4.78 is 16.2. The summed E-state index contributed by atoms with van der Waals surface area (Å²) in [6, 6.07) is 3.60. The topological polar surface area (TPSA) is 66.6 Å². The van der Waals surface area contributed by atoms with Crippen molar-refractivity contribution in [3.8, 4) is 28.5 Å². The maximum atomic E-state index is 6.14. The molecule has 114 valence electrons. The smallest absolute Gasteiger partial charge is 0.135 e. The summed E-state index contributed by atoms with van der Waals surface area (Å²) in [7, 11) is 4.81. The van der Waals surface area contributed by atoms with E-state index in [9.17, 15) is 0 Å². The van der Waals surface area contributed by atoms with Crippen molar-refractivity contribution in [2.45, 2.75) is 19.8 Å². The van der Waals surface area contributed by atoms with Crippen molar-refractivity contribution < 1.29 is 14.2 Å². The molecule has 0 atom stereocenters. The van der Waals surface area contributed by atoms with E-state index in [4.69, 9.17) is 19.9 Å². The molecule has 2 aromatic rings. The van der Waals surface area contributed by atoms with E-state index in [1.54, 1.807) is 33.5 Å². The number of aryl methyl sites for hydroxylation is 1. The van der Waals surface area contributed by atoms with Crippen molar-refractivity contribution in [1.82, 2.24) is 4.98 Å². The van der Waals surface area contributed by atoms with E-state index in [2.05, 4.69) is 11.9 Å². The molecule has 0 spiro atoms. The molecule has 21 heavy (non-hydrogen) atoms. The SMILES string of the molecule is CCCc1nc(-c2c(OC)cc(OC)cc2OC)c(N)s1. The second-order valence-electron chi connectivity index (χ2n) is 4.48. The molecule has 2 N–H and O–H groups in total. The number of anilines is 1. The highest BCUT2D eigenvalue weighted by molar-refractivity contribution is 7.16. The van der Waals surface area contributed by atoms with E-state index >= 15 is 0 Å². The second kappa shape index (κ2) is 6.67. The Bertz CT molecular complexity index is 600. The third-order valence-electron chi connectivity index (χ3n) is 3.11. The van der Waals surface area contributed by atoms with E-state index in [1.165, 1.54) is 11.3 Å². The van der Waals surface area contributed by atoms with Gasteiger partial charge in [0, 0.05) is 12.1 Å². The molecular weight excluding hydrogens is 288 g/mol. The van der Waals surface area contributed by atoms with Crippen molar-refractivity contribution >= 4 is 16.3 Å². The summed E-state index contributed by atoms with van der Waals surface area (Å²) in [4.78, 5) is 4.64. The average Bonchev–Trinajstić information content (AvgIpc) is 2.86. The van der Waals surface area contributed by atoms with Gasteiger partial charge in [0.25, 0.3) is 0 Å². The van der Waals surface area contributed by atoms with Crippen LogP contribution in [0.4, 0.5) is 5.00 Å². The normalized spacial score (nSPS) is 10.5. The van der Waals surface area contributed by atoms with Crippen LogP contribution in [0.1, 0.15) is 18.4 Å². The number of nitrogen functional groups attached to an aromatic ring is 1. The highest BCUT2D eigenvalue weighted by Crippen LogP contribution is 2.44. The molecule has 0 aliphatic carbocycles. The third kappa shape index (κ3) is 3.05. The Kier molecular flexibility index (Phi) is 4.90. The molecule has 0 saturated heterocycles. The molecule has 0 unspecified atom stereocenters. The van der Waals surface area contributed by atoms with Crippen LogP contribution in [0, 0.1) is 0 Å². The molecule has 0 radical (unpaired) electrons. The van der Waals surface area contributed by atoms with Crippen LogP contribution in [0.25, 0.3) is 11.3 Å². The number of methoxy groups -OCH3 is 3. The van der Waals surface area contributed by atoms with Gasteiger partial charge in [-0.25, -0.2) is 4.98 Å². The first-order chi connectivity index (χ1) is 10.1. The van der Waals surface area contributed by atoms with Crippen molar-refractivity contribution in [2.75, 3.05) is 27.1 Å².